The molecule has 2 N–H and O–H groups in total. The Labute approximate surface area is 151 Å². The van der Waals surface area contributed by atoms with Crippen molar-refractivity contribution in [3.05, 3.63) is 45.2 Å². The summed E-state index contributed by atoms with van der Waals surface area (Å²) >= 11 is 1.53. The van der Waals surface area contributed by atoms with Crippen LogP contribution in [0.3, 0.4) is 0 Å². The number of H-pyrrole nitrogens is 1. The number of nitrogens with one attached hydrogen (secondary N) is 1. The van der Waals surface area contributed by atoms with E-state index in [4.69, 9.17) is 4.74 Å². The molecule has 4 heterocycles. The van der Waals surface area contributed by atoms with E-state index in [0.717, 1.165) is 27.1 Å². The molecule has 1 aliphatic rings. The van der Waals surface area contributed by atoms with E-state index < -0.39 is 0 Å². The van der Waals surface area contributed by atoms with Gasteiger partial charge in [-0.3, -0.25) is 4.98 Å². The van der Waals surface area contributed by atoms with Crippen LogP contribution in [0, 0.1) is 0 Å². The maximum absolute atomic E-state index is 12.5. The Morgan fingerprint density at radius 1 is 1.35 bits per heavy atom. The smallest absolute Gasteiger partial charge is 0.349 e. The number of phenolic OH excluding ortho intramolecular Hbond substituents is 1. The molecule has 0 fully saturated rings. The number of thiophene rings is 1. The van der Waals surface area contributed by atoms with Gasteiger partial charge in [0.25, 0.3) is 0 Å². The van der Waals surface area contributed by atoms with Crippen LogP contribution in [0.1, 0.15) is 24.3 Å². The molecule has 8 heteroatoms. The van der Waals surface area contributed by atoms with Crippen molar-refractivity contribution >= 4 is 27.2 Å². The van der Waals surface area contributed by atoms with Crippen LogP contribution in [0.4, 0.5) is 0 Å². The number of para-hydroxylation sites is 1. The van der Waals surface area contributed by atoms with Crippen molar-refractivity contribution in [1.29, 1.82) is 0 Å². The Bertz CT molecular complexity index is 1230. The van der Waals surface area contributed by atoms with Crippen molar-refractivity contribution < 1.29 is 9.84 Å². The summed E-state index contributed by atoms with van der Waals surface area (Å²) in [5.41, 5.74) is 1.54. The van der Waals surface area contributed by atoms with Gasteiger partial charge in [-0.2, -0.15) is 4.52 Å². The van der Waals surface area contributed by atoms with Crippen LogP contribution in [0.2, 0.25) is 0 Å². The van der Waals surface area contributed by atoms with Gasteiger partial charge in [-0.25, -0.2) is 9.78 Å². The molecular formula is C18H16N4O3S. The molecule has 0 saturated heterocycles. The number of rotatable bonds is 1. The predicted molar refractivity (Wildman–Crippen MR) is 98.7 cm³/mol. The van der Waals surface area contributed by atoms with Crippen LogP contribution >= 0.6 is 11.3 Å². The zero-order valence-electron chi connectivity index (χ0n) is 14.2. The van der Waals surface area contributed by atoms with Crippen LogP contribution < -0.4 is 5.69 Å². The minimum absolute atomic E-state index is 0.0814. The van der Waals surface area contributed by atoms with Crippen LogP contribution in [-0.4, -0.2) is 30.3 Å². The van der Waals surface area contributed by atoms with E-state index in [1.165, 1.54) is 15.9 Å². The van der Waals surface area contributed by atoms with Gasteiger partial charge in [0, 0.05) is 11.3 Å². The minimum Gasteiger partial charge on any atom is -0.507 e. The van der Waals surface area contributed by atoms with E-state index in [-0.39, 0.29) is 17.0 Å². The summed E-state index contributed by atoms with van der Waals surface area (Å²) in [6.07, 6.45) is 0.739. The molecular weight excluding hydrogens is 352 g/mol. The summed E-state index contributed by atoms with van der Waals surface area (Å²) in [6.45, 7) is 4.63. The highest BCUT2D eigenvalue weighted by atomic mass is 32.1. The molecule has 0 spiro atoms. The predicted octanol–water partition coefficient (Wildman–Crippen LogP) is 2.86. The number of nitrogens with zero attached hydrogens (tertiary/aromatic N) is 3. The molecule has 0 unspecified atom stereocenters. The molecule has 0 bridgehead atoms. The Balaban J connectivity index is 1.84. The van der Waals surface area contributed by atoms with E-state index in [1.807, 2.05) is 0 Å². The monoisotopic (exact) mass is 368 g/mol. The van der Waals surface area contributed by atoms with E-state index >= 15 is 0 Å². The van der Waals surface area contributed by atoms with Crippen LogP contribution in [0.15, 0.2) is 29.1 Å². The quantitative estimate of drug-likeness (QED) is 0.539. The number of phenols is 1. The van der Waals surface area contributed by atoms with Crippen LogP contribution in [0.25, 0.3) is 27.3 Å². The molecule has 132 valence electrons. The van der Waals surface area contributed by atoms with Crippen molar-refractivity contribution in [3.63, 3.8) is 0 Å². The normalized spacial score (nSPS) is 16.2. The minimum atomic E-state index is -0.347. The second-order valence-corrected chi connectivity index (χ2v) is 8.16. The maximum Gasteiger partial charge on any atom is 0.349 e. The first-order chi connectivity index (χ1) is 12.4. The fourth-order valence-electron chi connectivity index (χ4n) is 3.42. The van der Waals surface area contributed by atoms with E-state index in [1.54, 1.807) is 24.3 Å². The van der Waals surface area contributed by atoms with Gasteiger partial charge in [0.2, 0.25) is 0 Å². The van der Waals surface area contributed by atoms with Crippen LogP contribution in [-0.2, 0) is 17.8 Å². The first-order valence-electron chi connectivity index (χ1n) is 8.28. The van der Waals surface area contributed by atoms with E-state index in [2.05, 4.69) is 28.9 Å². The molecule has 0 saturated carbocycles. The topological polar surface area (TPSA) is 92.5 Å². The summed E-state index contributed by atoms with van der Waals surface area (Å²) in [6, 6.07) is 6.84. The Morgan fingerprint density at radius 3 is 2.96 bits per heavy atom. The first-order valence-corrected chi connectivity index (χ1v) is 9.10. The molecule has 7 nitrogen and oxygen atoms in total. The molecule has 5 rings (SSSR count). The molecule has 3 aromatic heterocycles. The summed E-state index contributed by atoms with van der Waals surface area (Å²) < 4.78 is 7.17. The largest absolute Gasteiger partial charge is 0.507 e. The van der Waals surface area contributed by atoms with Gasteiger partial charge in [0.15, 0.2) is 11.5 Å². The zero-order chi connectivity index (χ0) is 18.1. The lowest BCUT2D eigenvalue weighted by atomic mass is 9.94. The van der Waals surface area contributed by atoms with Gasteiger partial charge >= 0.3 is 5.69 Å². The molecule has 0 amide bonds. The summed E-state index contributed by atoms with van der Waals surface area (Å²) in [5, 5.41) is 15.3. The molecule has 0 aliphatic carbocycles. The SMILES string of the molecule is CC1(C)Cc2c(sc3[nH]c(=O)n4nc(-c5ccccc5O)nc4c23)CO1. The number of ether oxygens (including phenoxy) is 1. The second kappa shape index (κ2) is 5.15. The molecule has 1 aliphatic heterocycles. The molecule has 4 aromatic rings. The third-order valence-corrected chi connectivity index (χ3v) is 5.80. The summed E-state index contributed by atoms with van der Waals surface area (Å²) in [7, 11) is 0. The average Bonchev–Trinajstić information content (AvgIpc) is 3.16. The number of fused-ring (bicyclic) bond motifs is 5. The maximum atomic E-state index is 12.5. The van der Waals surface area contributed by atoms with Crippen molar-refractivity contribution in [2.45, 2.75) is 32.5 Å². The summed E-state index contributed by atoms with van der Waals surface area (Å²) in [4.78, 5) is 21.9. The lowest BCUT2D eigenvalue weighted by molar-refractivity contribution is -0.0379. The number of aromatic nitrogens is 4. The Kier molecular flexibility index (Phi) is 3.08. The lowest BCUT2D eigenvalue weighted by Crippen LogP contribution is -2.31. The van der Waals surface area contributed by atoms with Gasteiger partial charge in [-0.15, -0.1) is 16.4 Å². The highest BCUT2D eigenvalue weighted by Crippen LogP contribution is 2.39. The van der Waals surface area contributed by atoms with Crippen molar-refractivity contribution in [3.8, 4) is 17.1 Å². The molecule has 0 radical (unpaired) electrons. The summed E-state index contributed by atoms with van der Waals surface area (Å²) in [5.74, 6) is 0.408. The Morgan fingerprint density at radius 2 is 2.15 bits per heavy atom. The molecule has 1 aromatic carbocycles. The van der Waals surface area contributed by atoms with Gasteiger partial charge in [-0.1, -0.05) is 12.1 Å². The van der Waals surface area contributed by atoms with Gasteiger partial charge in [-0.05, 0) is 31.5 Å². The second-order valence-electron chi connectivity index (χ2n) is 7.05. The van der Waals surface area contributed by atoms with Crippen molar-refractivity contribution in [2.24, 2.45) is 0 Å². The highest BCUT2D eigenvalue weighted by molar-refractivity contribution is 7.19. The molecule has 0 atom stereocenters. The van der Waals surface area contributed by atoms with Crippen molar-refractivity contribution in [1.82, 2.24) is 19.6 Å². The zero-order valence-corrected chi connectivity index (χ0v) is 15.1. The van der Waals surface area contributed by atoms with Gasteiger partial charge in [0.1, 0.15) is 10.6 Å². The average molecular weight is 368 g/mol. The van der Waals surface area contributed by atoms with E-state index in [0.29, 0.717) is 23.6 Å². The number of hydrogen-bond donors (Lipinski definition) is 2. The van der Waals surface area contributed by atoms with Gasteiger partial charge < -0.3 is 9.84 Å². The number of hydrogen-bond acceptors (Lipinski definition) is 6. The number of aromatic amines is 1. The van der Waals surface area contributed by atoms with Crippen LogP contribution in [0.5, 0.6) is 5.75 Å². The van der Waals surface area contributed by atoms with E-state index in [9.17, 15) is 9.90 Å². The fraction of sp³-hybridized carbons (Fsp3) is 0.278. The van der Waals surface area contributed by atoms with Crippen molar-refractivity contribution in [2.75, 3.05) is 0 Å². The number of benzene rings is 1. The third-order valence-electron chi connectivity index (χ3n) is 4.68. The highest BCUT2D eigenvalue weighted by Gasteiger charge is 2.31. The first kappa shape index (κ1) is 15.5. The lowest BCUT2D eigenvalue weighted by Gasteiger charge is -2.30. The molecule has 26 heavy (non-hydrogen) atoms. The van der Waals surface area contributed by atoms with Gasteiger partial charge in [0.05, 0.1) is 23.2 Å². The fourth-order valence-corrected chi connectivity index (χ4v) is 4.54. The Hall–Kier alpha value is -2.71. The number of aromatic hydroxyl groups is 1. The standard InChI is InChI=1S/C18H16N4O3S/c1-18(2)7-10-12(8-25-18)26-16-13(10)15-19-14(21-22(15)17(24)20-16)9-5-3-4-6-11(9)23/h3-6,23H,7-8H2,1-2H3,(H,20,24). The third kappa shape index (κ3) is 2.19.